The number of anilines is 1. The summed E-state index contributed by atoms with van der Waals surface area (Å²) in [4.78, 5) is 12.0. The van der Waals surface area contributed by atoms with E-state index in [1.54, 1.807) is 18.2 Å². The SMILES string of the molecule is CCCOc1cc(C(=O)OCc2ccccc2)ccc1N. The Morgan fingerprint density at radius 1 is 1.14 bits per heavy atom. The second-order valence-electron chi connectivity index (χ2n) is 4.66. The molecular formula is C17H19NO3. The molecule has 2 N–H and O–H groups in total. The largest absolute Gasteiger partial charge is 0.491 e. The summed E-state index contributed by atoms with van der Waals surface area (Å²) < 4.78 is 10.8. The molecule has 2 aromatic carbocycles. The van der Waals surface area contributed by atoms with Crippen LogP contribution in [0.1, 0.15) is 29.3 Å². The Morgan fingerprint density at radius 3 is 2.62 bits per heavy atom. The standard InChI is InChI=1S/C17H19NO3/c1-2-10-20-16-11-14(8-9-15(16)18)17(19)21-12-13-6-4-3-5-7-13/h3-9,11H,2,10,12,18H2,1H3. The van der Waals surface area contributed by atoms with E-state index >= 15 is 0 Å². The first-order valence-electron chi connectivity index (χ1n) is 6.94. The number of carbonyl (C=O) groups excluding carboxylic acids is 1. The van der Waals surface area contributed by atoms with Crippen molar-refractivity contribution in [1.82, 2.24) is 0 Å². The number of nitrogens with two attached hydrogens (primary N) is 1. The Balaban J connectivity index is 2.01. The lowest BCUT2D eigenvalue weighted by atomic mass is 10.2. The molecule has 0 fully saturated rings. The van der Waals surface area contributed by atoms with Gasteiger partial charge in [-0.05, 0) is 30.2 Å². The highest BCUT2D eigenvalue weighted by Crippen LogP contribution is 2.23. The Morgan fingerprint density at radius 2 is 1.90 bits per heavy atom. The van der Waals surface area contributed by atoms with E-state index in [-0.39, 0.29) is 12.6 Å². The lowest BCUT2D eigenvalue weighted by Gasteiger charge is -2.10. The summed E-state index contributed by atoms with van der Waals surface area (Å²) in [5.74, 6) is 0.131. The first kappa shape index (κ1) is 14.9. The van der Waals surface area contributed by atoms with Crippen molar-refractivity contribution in [3.63, 3.8) is 0 Å². The summed E-state index contributed by atoms with van der Waals surface area (Å²) in [7, 11) is 0. The Labute approximate surface area is 124 Å². The van der Waals surface area contributed by atoms with Gasteiger partial charge in [-0.2, -0.15) is 0 Å². The van der Waals surface area contributed by atoms with Gasteiger partial charge in [-0.3, -0.25) is 0 Å². The van der Waals surface area contributed by atoms with E-state index in [1.165, 1.54) is 0 Å². The third kappa shape index (κ3) is 4.24. The minimum atomic E-state index is -0.389. The Kier molecular flexibility index (Phi) is 5.21. The van der Waals surface area contributed by atoms with E-state index in [0.29, 0.717) is 23.6 Å². The van der Waals surface area contributed by atoms with Gasteiger partial charge in [0, 0.05) is 0 Å². The number of hydrogen-bond donors (Lipinski definition) is 1. The quantitative estimate of drug-likeness (QED) is 0.652. The van der Waals surface area contributed by atoms with Crippen LogP contribution in [0, 0.1) is 0 Å². The molecule has 0 saturated heterocycles. The molecule has 0 bridgehead atoms. The smallest absolute Gasteiger partial charge is 0.338 e. The second kappa shape index (κ2) is 7.33. The van der Waals surface area contributed by atoms with E-state index < -0.39 is 0 Å². The maximum absolute atomic E-state index is 12.0. The van der Waals surface area contributed by atoms with Crippen molar-refractivity contribution >= 4 is 11.7 Å². The molecule has 0 amide bonds. The molecule has 0 heterocycles. The van der Waals surface area contributed by atoms with Crippen LogP contribution >= 0.6 is 0 Å². The molecule has 21 heavy (non-hydrogen) atoms. The molecule has 0 aliphatic rings. The summed E-state index contributed by atoms with van der Waals surface area (Å²) in [5.41, 5.74) is 7.72. The molecule has 4 nitrogen and oxygen atoms in total. The Bertz CT molecular complexity index is 596. The van der Waals surface area contributed by atoms with Crippen LogP contribution in [0.3, 0.4) is 0 Å². The second-order valence-corrected chi connectivity index (χ2v) is 4.66. The van der Waals surface area contributed by atoms with Crippen LogP contribution in [0.4, 0.5) is 5.69 Å². The number of rotatable bonds is 6. The summed E-state index contributed by atoms with van der Waals surface area (Å²) in [6.07, 6.45) is 0.877. The topological polar surface area (TPSA) is 61.5 Å². The number of esters is 1. The molecule has 0 aliphatic heterocycles. The highest BCUT2D eigenvalue weighted by atomic mass is 16.5. The van der Waals surface area contributed by atoms with Crippen LogP contribution in [-0.4, -0.2) is 12.6 Å². The minimum absolute atomic E-state index is 0.245. The van der Waals surface area contributed by atoms with Gasteiger partial charge in [0.2, 0.25) is 0 Å². The van der Waals surface area contributed by atoms with Crippen molar-refractivity contribution in [1.29, 1.82) is 0 Å². The lowest BCUT2D eigenvalue weighted by molar-refractivity contribution is 0.0472. The first-order chi connectivity index (χ1) is 10.2. The number of hydrogen-bond acceptors (Lipinski definition) is 4. The van der Waals surface area contributed by atoms with Crippen molar-refractivity contribution in [2.75, 3.05) is 12.3 Å². The molecule has 0 aliphatic carbocycles. The molecule has 110 valence electrons. The monoisotopic (exact) mass is 285 g/mol. The van der Waals surface area contributed by atoms with Gasteiger partial charge in [-0.15, -0.1) is 0 Å². The van der Waals surface area contributed by atoms with Crippen LogP contribution in [-0.2, 0) is 11.3 Å². The van der Waals surface area contributed by atoms with Crippen molar-refractivity contribution in [3.8, 4) is 5.75 Å². The Hall–Kier alpha value is -2.49. The molecule has 0 saturated carbocycles. The molecule has 0 spiro atoms. The van der Waals surface area contributed by atoms with Crippen LogP contribution in [0.25, 0.3) is 0 Å². The van der Waals surface area contributed by atoms with E-state index in [9.17, 15) is 4.79 Å². The van der Waals surface area contributed by atoms with Gasteiger partial charge in [-0.1, -0.05) is 37.3 Å². The van der Waals surface area contributed by atoms with Gasteiger partial charge in [0.1, 0.15) is 12.4 Å². The summed E-state index contributed by atoms with van der Waals surface area (Å²) >= 11 is 0. The zero-order valence-electron chi connectivity index (χ0n) is 12.0. The molecule has 2 rings (SSSR count). The van der Waals surface area contributed by atoms with E-state index in [0.717, 1.165) is 12.0 Å². The average molecular weight is 285 g/mol. The number of carbonyl (C=O) groups is 1. The van der Waals surface area contributed by atoms with Crippen molar-refractivity contribution in [2.45, 2.75) is 20.0 Å². The fourth-order valence-corrected chi connectivity index (χ4v) is 1.80. The summed E-state index contributed by atoms with van der Waals surface area (Å²) in [5, 5.41) is 0. The van der Waals surface area contributed by atoms with Gasteiger partial charge in [-0.25, -0.2) is 4.79 Å². The fourth-order valence-electron chi connectivity index (χ4n) is 1.80. The minimum Gasteiger partial charge on any atom is -0.491 e. The van der Waals surface area contributed by atoms with Gasteiger partial charge < -0.3 is 15.2 Å². The maximum Gasteiger partial charge on any atom is 0.338 e. The molecule has 2 aromatic rings. The molecule has 0 aromatic heterocycles. The summed E-state index contributed by atoms with van der Waals surface area (Å²) in [6.45, 7) is 2.82. The first-order valence-corrected chi connectivity index (χ1v) is 6.94. The van der Waals surface area contributed by atoms with Gasteiger partial charge in [0.25, 0.3) is 0 Å². The maximum atomic E-state index is 12.0. The number of nitrogen functional groups attached to an aromatic ring is 1. The molecule has 0 radical (unpaired) electrons. The predicted octanol–water partition coefficient (Wildman–Crippen LogP) is 3.41. The highest BCUT2D eigenvalue weighted by Gasteiger charge is 2.10. The van der Waals surface area contributed by atoms with Crippen LogP contribution in [0.2, 0.25) is 0 Å². The van der Waals surface area contributed by atoms with E-state index in [4.69, 9.17) is 15.2 Å². The zero-order chi connectivity index (χ0) is 15.1. The molecule has 0 atom stereocenters. The number of benzene rings is 2. The molecular weight excluding hydrogens is 266 g/mol. The highest BCUT2D eigenvalue weighted by molar-refractivity contribution is 5.90. The summed E-state index contributed by atoms with van der Waals surface area (Å²) in [6, 6.07) is 14.5. The van der Waals surface area contributed by atoms with E-state index in [1.807, 2.05) is 37.3 Å². The van der Waals surface area contributed by atoms with Crippen LogP contribution < -0.4 is 10.5 Å². The normalized spacial score (nSPS) is 10.1. The lowest BCUT2D eigenvalue weighted by Crippen LogP contribution is -2.07. The van der Waals surface area contributed by atoms with Crippen molar-refractivity contribution in [3.05, 3.63) is 59.7 Å². The predicted molar refractivity (Wildman–Crippen MR) is 82.2 cm³/mol. The van der Waals surface area contributed by atoms with Gasteiger partial charge in [0.15, 0.2) is 0 Å². The third-order valence-electron chi connectivity index (χ3n) is 2.92. The average Bonchev–Trinajstić information content (AvgIpc) is 2.53. The third-order valence-corrected chi connectivity index (χ3v) is 2.92. The van der Waals surface area contributed by atoms with Gasteiger partial charge >= 0.3 is 5.97 Å². The van der Waals surface area contributed by atoms with Gasteiger partial charge in [0.05, 0.1) is 17.9 Å². The van der Waals surface area contributed by atoms with Crippen LogP contribution in [0.15, 0.2) is 48.5 Å². The molecule has 4 heteroatoms. The van der Waals surface area contributed by atoms with Crippen LogP contribution in [0.5, 0.6) is 5.75 Å². The fraction of sp³-hybridized carbons (Fsp3) is 0.235. The van der Waals surface area contributed by atoms with E-state index in [2.05, 4.69) is 0 Å². The van der Waals surface area contributed by atoms with Crippen molar-refractivity contribution < 1.29 is 14.3 Å². The van der Waals surface area contributed by atoms with Crippen molar-refractivity contribution in [2.24, 2.45) is 0 Å². The zero-order valence-corrected chi connectivity index (χ0v) is 12.0. The molecule has 0 unspecified atom stereocenters. The number of ether oxygens (including phenoxy) is 2.